The van der Waals surface area contributed by atoms with E-state index in [0.29, 0.717) is 37.7 Å². The summed E-state index contributed by atoms with van der Waals surface area (Å²) in [5.74, 6) is 1.84. The van der Waals surface area contributed by atoms with E-state index >= 15 is 0 Å². The molecule has 0 spiro atoms. The smallest absolute Gasteiger partial charge is 0.224 e. The van der Waals surface area contributed by atoms with Crippen LogP contribution in [0, 0.1) is 0 Å². The van der Waals surface area contributed by atoms with Gasteiger partial charge in [0.25, 0.3) is 0 Å². The second-order valence-corrected chi connectivity index (χ2v) is 5.21. The number of carbonyl (C=O) groups is 1. The van der Waals surface area contributed by atoms with Crippen LogP contribution < -0.4 is 20.5 Å². The van der Waals surface area contributed by atoms with Gasteiger partial charge in [-0.05, 0) is 36.8 Å². The fourth-order valence-electron chi connectivity index (χ4n) is 2.00. The lowest BCUT2D eigenvalue weighted by Crippen LogP contribution is -2.25. The number of amides is 1. The number of pyridine rings is 1. The zero-order valence-electron chi connectivity index (χ0n) is 14.2. The number of nitrogens with one attached hydrogen (secondary N) is 1. The van der Waals surface area contributed by atoms with E-state index in [-0.39, 0.29) is 18.3 Å². The van der Waals surface area contributed by atoms with Crippen LogP contribution in [-0.2, 0) is 11.3 Å². The number of hydrogen-bond acceptors (Lipinski definition) is 5. The molecular weight excluding hydrogens is 342 g/mol. The zero-order valence-corrected chi connectivity index (χ0v) is 15.1. The first-order valence-corrected chi connectivity index (χ1v) is 8.04. The molecule has 1 heterocycles. The van der Waals surface area contributed by atoms with E-state index in [9.17, 15) is 4.79 Å². The van der Waals surface area contributed by atoms with E-state index in [1.165, 1.54) is 0 Å². The molecule has 2 rings (SSSR count). The Hall–Kier alpha value is -2.31. The first kappa shape index (κ1) is 20.7. The number of hydrogen-bond donors (Lipinski definition) is 2. The SMILES string of the molecule is CCCOc1ccc(Oc2ncccc2CNC(=O)CCN)cc1.Cl. The van der Waals surface area contributed by atoms with Crippen LogP contribution in [0.4, 0.5) is 0 Å². The predicted octanol–water partition coefficient (Wildman–Crippen LogP) is 3.05. The zero-order chi connectivity index (χ0) is 17.2. The molecule has 6 nitrogen and oxygen atoms in total. The minimum Gasteiger partial charge on any atom is -0.494 e. The first-order chi connectivity index (χ1) is 11.7. The molecule has 0 bridgehead atoms. The third kappa shape index (κ3) is 6.99. The van der Waals surface area contributed by atoms with Crippen molar-refractivity contribution in [1.29, 1.82) is 0 Å². The van der Waals surface area contributed by atoms with Crippen molar-refractivity contribution in [2.45, 2.75) is 26.3 Å². The minimum atomic E-state index is -0.0928. The molecule has 0 aliphatic carbocycles. The van der Waals surface area contributed by atoms with E-state index in [1.54, 1.807) is 12.3 Å². The lowest BCUT2D eigenvalue weighted by molar-refractivity contribution is -0.121. The number of ether oxygens (including phenoxy) is 2. The molecule has 0 saturated carbocycles. The molecule has 25 heavy (non-hydrogen) atoms. The van der Waals surface area contributed by atoms with Gasteiger partial charge in [-0.1, -0.05) is 13.0 Å². The molecular formula is C18H24ClN3O3. The Morgan fingerprint density at radius 3 is 2.60 bits per heavy atom. The van der Waals surface area contributed by atoms with Crippen LogP contribution in [-0.4, -0.2) is 24.0 Å². The van der Waals surface area contributed by atoms with Crippen LogP contribution in [0.3, 0.4) is 0 Å². The maximum Gasteiger partial charge on any atom is 0.224 e. The summed E-state index contributed by atoms with van der Waals surface area (Å²) in [7, 11) is 0. The molecule has 136 valence electrons. The number of nitrogens with zero attached hydrogens (tertiary/aromatic N) is 1. The summed E-state index contributed by atoms with van der Waals surface area (Å²) in [5.41, 5.74) is 6.17. The van der Waals surface area contributed by atoms with Gasteiger partial charge in [0.15, 0.2) is 0 Å². The maximum absolute atomic E-state index is 11.5. The van der Waals surface area contributed by atoms with Gasteiger partial charge in [-0.3, -0.25) is 4.79 Å². The van der Waals surface area contributed by atoms with E-state index < -0.39 is 0 Å². The van der Waals surface area contributed by atoms with Crippen molar-refractivity contribution in [3.63, 3.8) is 0 Å². The molecule has 7 heteroatoms. The van der Waals surface area contributed by atoms with Crippen LogP contribution >= 0.6 is 12.4 Å². The summed E-state index contributed by atoms with van der Waals surface area (Å²) < 4.78 is 11.4. The quantitative estimate of drug-likeness (QED) is 0.713. The lowest BCUT2D eigenvalue weighted by Gasteiger charge is -2.11. The van der Waals surface area contributed by atoms with Gasteiger partial charge in [0.05, 0.1) is 6.61 Å². The normalized spacial score (nSPS) is 9.84. The van der Waals surface area contributed by atoms with Gasteiger partial charge in [0.2, 0.25) is 11.8 Å². The van der Waals surface area contributed by atoms with Crippen LogP contribution in [0.1, 0.15) is 25.3 Å². The lowest BCUT2D eigenvalue weighted by atomic mass is 10.2. The van der Waals surface area contributed by atoms with Crippen molar-refractivity contribution >= 4 is 18.3 Å². The number of nitrogens with two attached hydrogens (primary N) is 1. The molecule has 3 N–H and O–H groups in total. The summed E-state index contributed by atoms with van der Waals surface area (Å²) in [6.45, 7) is 3.42. The topological polar surface area (TPSA) is 86.5 Å². The number of aromatic nitrogens is 1. The van der Waals surface area contributed by atoms with Crippen molar-refractivity contribution in [2.75, 3.05) is 13.2 Å². The summed E-state index contributed by atoms with van der Waals surface area (Å²) in [4.78, 5) is 15.8. The van der Waals surface area contributed by atoms with E-state index in [4.69, 9.17) is 15.2 Å². The number of rotatable bonds is 9. The third-order valence-electron chi connectivity index (χ3n) is 3.21. The molecule has 1 aromatic carbocycles. The largest absolute Gasteiger partial charge is 0.494 e. The van der Waals surface area contributed by atoms with Gasteiger partial charge < -0.3 is 20.5 Å². The highest BCUT2D eigenvalue weighted by Gasteiger charge is 2.08. The Bertz CT molecular complexity index is 650. The second-order valence-electron chi connectivity index (χ2n) is 5.21. The number of carbonyl (C=O) groups excluding carboxylic acids is 1. The fourth-order valence-corrected chi connectivity index (χ4v) is 2.00. The van der Waals surface area contributed by atoms with Gasteiger partial charge in [0.1, 0.15) is 11.5 Å². The van der Waals surface area contributed by atoms with E-state index in [2.05, 4.69) is 17.2 Å². The van der Waals surface area contributed by atoms with Crippen LogP contribution in [0.5, 0.6) is 17.4 Å². The van der Waals surface area contributed by atoms with Crippen LogP contribution in [0.25, 0.3) is 0 Å². The van der Waals surface area contributed by atoms with Gasteiger partial charge in [-0.25, -0.2) is 4.98 Å². The highest BCUT2D eigenvalue weighted by Crippen LogP contribution is 2.25. The summed E-state index contributed by atoms with van der Waals surface area (Å²) in [5, 5.41) is 2.80. The molecule has 0 unspecified atom stereocenters. The molecule has 0 atom stereocenters. The molecule has 0 radical (unpaired) electrons. The summed E-state index contributed by atoms with van der Waals surface area (Å²) in [6.07, 6.45) is 2.92. The molecule has 0 saturated heterocycles. The average Bonchev–Trinajstić information content (AvgIpc) is 2.61. The molecule has 2 aromatic rings. The van der Waals surface area contributed by atoms with Crippen molar-refractivity contribution in [2.24, 2.45) is 5.73 Å². The number of halogens is 1. The van der Waals surface area contributed by atoms with Crippen molar-refractivity contribution in [1.82, 2.24) is 10.3 Å². The Balaban J connectivity index is 0.00000312. The Labute approximate surface area is 154 Å². The summed E-state index contributed by atoms with van der Waals surface area (Å²) in [6, 6.07) is 11.0. The third-order valence-corrected chi connectivity index (χ3v) is 3.21. The van der Waals surface area contributed by atoms with Gasteiger partial charge in [0, 0.05) is 31.3 Å². The number of benzene rings is 1. The molecule has 0 aliphatic heterocycles. The van der Waals surface area contributed by atoms with Gasteiger partial charge in [-0.15, -0.1) is 12.4 Å². The molecule has 1 aromatic heterocycles. The van der Waals surface area contributed by atoms with Crippen molar-refractivity contribution in [3.8, 4) is 17.4 Å². The van der Waals surface area contributed by atoms with Gasteiger partial charge >= 0.3 is 0 Å². The molecule has 1 amide bonds. The van der Waals surface area contributed by atoms with Crippen molar-refractivity contribution < 1.29 is 14.3 Å². The van der Waals surface area contributed by atoms with Crippen LogP contribution in [0.2, 0.25) is 0 Å². The Kier molecular flexibility index (Phi) is 9.36. The van der Waals surface area contributed by atoms with E-state index in [0.717, 1.165) is 17.7 Å². The average molecular weight is 366 g/mol. The fraction of sp³-hybridized carbons (Fsp3) is 0.333. The predicted molar refractivity (Wildman–Crippen MR) is 99.3 cm³/mol. The maximum atomic E-state index is 11.5. The Morgan fingerprint density at radius 2 is 1.92 bits per heavy atom. The molecule has 0 fully saturated rings. The van der Waals surface area contributed by atoms with Gasteiger partial charge in [-0.2, -0.15) is 0 Å². The first-order valence-electron chi connectivity index (χ1n) is 8.04. The second kappa shape index (κ2) is 11.3. The van der Waals surface area contributed by atoms with Crippen LogP contribution in [0.15, 0.2) is 42.6 Å². The Morgan fingerprint density at radius 1 is 1.20 bits per heavy atom. The highest BCUT2D eigenvalue weighted by molar-refractivity contribution is 5.85. The van der Waals surface area contributed by atoms with E-state index in [1.807, 2.05) is 30.3 Å². The monoisotopic (exact) mass is 365 g/mol. The highest BCUT2D eigenvalue weighted by atomic mass is 35.5. The minimum absolute atomic E-state index is 0. The standard InChI is InChI=1S/C18H23N3O3.ClH/c1-2-12-23-15-5-7-16(8-6-15)24-18-14(4-3-11-20-18)13-21-17(22)9-10-19;/h3-8,11H,2,9-10,12-13,19H2,1H3,(H,21,22);1H. The summed E-state index contributed by atoms with van der Waals surface area (Å²) >= 11 is 0. The van der Waals surface area contributed by atoms with Crippen molar-refractivity contribution in [3.05, 3.63) is 48.2 Å². The molecule has 0 aliphatic rings.